The lowest BCUT2D eigenvalue weighted by atomic mass is 10.2. The third-order valence-corrected chi connectivity index (χ3v) is 4.62. The second kappa shape index (κ2) is 5.83. The fraction of sp³-hybridized carbons (Fsp3) is 0.143. The Morgan fingerprint density at radius 1 is 1.24 bits per heavy atom. The Labute approximate surface area is 128 Å². The standard InChI is InChI=1S/C14H15ClN2O3S/c1-9-4-3-5-11(15)14(9)17-21(18,19)13-8-10(16)6-7-12(13)20-2/h3-8,17H,16H2,1-2H3. The van der Waals surface area contributed by atoms with Crippen LogP contribution in [-0.2, 0) is 10.0 Å². The number of nitrogen functional groups attached to an aromatic ring is 1. The molecule has 0 aliphatic carbocycles. The minimum absolute atomic E-state index is 0.0377. The van der Waals surface area contributed by atoms with Crippen LogP contribution in [-0.4, -0.2) is 15.5 Å². The van der Waals surface area contributed by atoms with Gasteiger partial charge in [0, 0.05) is 5.69 Å². The second-order valence-electron chi connectivity index (χ2n) is 4.45. The van der Waals surface area contributed by atoms with Gasteiger partial charge in [-0.25, -0.2) is 8.42 Å². The number of nitrogens with two attached hydrogens (primary N) is 1. The fourth-order valence-corrected chi connectivity index (χ4v) is 3.54. The first-order valence-corrected chi connectivity index (χ1v) is 7.92. The van der Waals surface area contributed by atoms with Gasteiger partial charge in [0.25, 0.3) is 10.0 Å². The van der Waals surface area contributed by atoms with Crippen molar-refractivity contribution >= 4 is 33.0 Å². The number of anilines is 2. The van der Waals surface area contributed by atoms with Gasteiger partial charge < -0.3 is 10.5 Å². The van der Waals surface area contributed by atoms with Gasteiger partial charge in [0.05, 0.1) is 17.8 Å². The number of methoxy groups -OCH3 is 1. The van der Waals surface area contributed by atoms with Crippen molar-refractivity contribution in [2.45, 2.75) is 11.8 Å². The maximum atomic E-state index is 12.5. The maximum Gasteiger partial charge on any atom is 0.265 e. The number of sulfonamides is 1. The van der Waals surface area contributed by atoms with Crippen molar-refractivity contribution < 1.29 is 13.2 Å². The molecule has 0 unspecified atom stereocenters. The Hall–Kier alpha value is -1.92. The molecule has 0 spiro atoms. The van der Waals surface area contributed by atoms with E-state index in [9.17, 15) is 8.42 Å². The zero-order valence-electron chi connectivity index (χ0n) is 11.6. The molecule has 0 heterocycles. The summed E-state index contributed by atoms with van der Waals surface area (Å²) in [6.45, 7) is 1.76. The molecule has 0 amide bonds. The summed E-state index contributed by atoms with van der Waals surface area (Å²) in [6.07, 6.45) is 0. The predicted molar refractivity (Wildman–Crippen MR) is 84.4 cm³/mol. The molecule has 2 rings (SSSR count). The molecule has 0 fully saturated rings. The zero-order valence-corrected chi connectivity index (χ0v) is 13.1. The molecule has 0 atom stereocenters. The van der Waals surface area contributed by atoms with Gasteiger partial charge in [-0.05, 0) is 36.8 Å². The number of ether oxygens (including phenoxy) is 1. The van der Waals surface area contributed by atoms with Gasteiger partial charge in [-0.2, -0.15) is 0 Å². The largest absolute Gasteiger partial charge is 0.495 e. The van der Waals surface area contributed by atoms with E-state index in [2.05, 4.69) is 4.72 Å². The Morgan fingerprint density at radius 3 is 2.57 bits per heavy atom. The molecule has 5 nitrogen and oxygen atoms in total. The van der Waals surface area contributed by atoms with Crippen LogP contribution in [0.1, 0.15) is 5.56 Å². The maximum absolute atomic E-state index is 12.5. The smallest absolute Gasteiger partial charge is 0.265 e. The third-order valence-electron chi connectivity index (χ3n) is 2.94. The molecule has 112 valence electrons. The van der Waals surface area contributed by atoms with E-state index in [1.54, 1.807) is 31.2 Å². The summed E-state index contributed by atoms with van der Waals surface area (Å²) >= 11 is 6.05. The van der Waals surface area contributed by atoms with Gasteiger partial charge in [-0.1, -0.05) is 23.7 Å². The van der Waals surface area contributed by atoms with E-state index >= 15 is 0 Å². The number of rotatable bonds is 4. The number of para-hydroxylation sites is 1. The van der Waals surface area contributed by atoms with E-state index < -0.39 is 10.0 Å². The first kappa shape index (κ1) is 15.5. The lowest BCUT2D eigenvalue weighted by Crippen LogP contribution is -2.15. The summed E-state index contributed by atoms with van der Waals surface area (Å²) in [7, 11) is -2.47. The summed E-state index contributed by atoms with van der Waals surface area (Å²) in [5, 5.41) is 0.321. The van der Waals surface area contributed by atoms with Crippen LogP contribution in [0.4, 0.5) is 11.4 Å². The van der Waals surface area contributed by atoms with Crippen LogP contribution in [0.2, 0.25) is 5.02 Å². The van der Waals surface area contributed by atoms with E-state index in [-0.39, 0.29) is 10.6 Å². The average Bonchev–Trinajstić information content (AvgIpc) is 2.43. The van der Waals surface area contributed by atoms with E-state index in [0.29, 0.717) is 22.0 Å². The molecule has 0 radical (unpaired) electrons. The highest BCUT2D eigenvalue weighted by Gasteiger charge is 2.21. The quantitative estimate of drug-likeness (QED) is 0.846. The van der Waals surface area contributed by atoms with Crippen molar-refractivity contribution in [1.82, 2.24) is 0 Å². The van der Waals surface area contributed by atoms with Crippen molar-refractivity contribution in [3.05, 3.63) is 47.0 Å². The van der Waals surface area contributed by atoms with Crippen molar-refractivity contribution in [2.24, 2.45) is 0 Å². The summed E-state index contributed by atoms with van der Waals surface area (Å²) in [5.41, 5.74) is 7.04. The van der Waals surface area contributed by atoms with Gasteiger partial charge >= 0.3 is 0 Å². The highest BCUT2D eigenvalue weighted by atomic mass is 35.5. The van der Waals surface area contributed by atoms with Crippen LogP contribution < -0.4 is 15.2 Å². The van der Waals surface area contributed by atoms with E-state index in [4.69, 9.17) is 22.1 Å². The molecule has 0 aromatic heterocycles. The molecule has 3 N–H and O–H groups in total. The van der Waals surface area contributed by atoms with Crippen molar-refractivity contribution in [2.75, 3.05) is 17.6 Å². The fourth-order valence-electron chi connectivity index (χ4n) is 1.85. The molecule has 2 aromatic rings. The van der Waals surface area contributed by atoms with Crippen LogP contribution in [0.15, 0.2) is 41.3 Å². The number of hydrogen-bond donors (Lipinski definition) is 2. The topological polar surface area (TPSA) is 81.4 Å². The molecule has 0 aliphatic heterocycles. The molecule has 2 aromatic carbocycles. The van der Waals surface area contributed by atoms with Crippen molar-refractivity contribution in [3.63, 3.8) is 0 Å². The molecule has 0 bridgehead atoms. The summed E-state index contributed by atoms with van der Waals surface area (Å²) in [5.74, 6) is 0.210. The summed E-state index contributed by atoms with van der Waals surface area (Å²) < 4.78 is 32.6. The minimum atomic E-state index is -3.86. The van der Waals surface area contributed by atoms with Crippen molar-refractivity contribution in [3.8, 4) is 5.75 Å². The number of nitrogens with one attached hydrogen (secondary N) is 1. The van der Waals surface area contributed by atoms with E-state index in [0.717, 1.165) is 0 Å². The van der Waals surface area contributed by atoms with Gasteiger partial charge in [-0.3, -0.25) is 4.72 Å². The number of benzene rings is 2. The van der Waals surface area contributed by atoms with Crippen LogP contribution in [0.25, 0.3) is 0 Å². The first-order valence-electron chi connectivity index (χ1n) is 6.06. The summed E-state index contributed by atoms with van der Waals surface area (Å²) in [4.78, 5) is -0.0377. The molecule has 0 saturated heterocycles. The zero-order chi connectivity index (χ0) is 15.6. The van der Waals surface area contributed by atoms with Gasteiger partial charge in [0.15, 0.2) is 0 Å². The molecule has 0 saturated carbocycles. The molecule has 21 heavy (non-hydrogen) atoms. The monoisotopic (exact) mass is 326 g/mol. The number of hydrogen-bond acceptors (Lipinski definition) is 4. The highest BCUT2D eigenvalue weighted by molar-refractivity contribution is 7.92. The first-order chi connectivity index (χ1) is 9.85. The number of aryl methyl sites for hydroxylation is 1. The lowest BCUT2D eigenvalue weighted by Gasteiger charge is -2.14. The Bertz CT molecular complexity index is 756. The Morgan fingerprint density at radius 2 is 1.95 bits per heavy atom. The lowest BCUT2D eigenvalue weighted by molar-refractivity contribution is 0.403. The second-order valence-corrected chi connectivity index (χ2v) is 6.51. The Balaban J connectivity index is 2.51. The SMILES string of the molecule is COc1ccc(N)cc1S(=O)(=O)Nc1c(C)cccc1Cl. The number of halogens is 1. The Kier molecular flexibility index (Phi) is 4.29. The highest BCUT2D eigenvalue weighted by Crippen LogP contribution is 2.31. The van der Waals surface area contributed by atoms with E-state index in [1.807, 2.05) is 0 Å². The van der Waals surface area contributed by atoms with Crippen LogP contribution in [0, 0.1) is 6.92 Å². The normalized spacial score (nSPS) is 11.2. The van der Waals surface area contributed by atoms with Crippen LogP contribution >= 0.6 is 11.6 Å². The van der Waals surface area contributed by atoms with Crippen molar-refractivity contribution in [1.29, 1.82) is 0 Å². The third kappa shape index (κ3) is 3.22. The molecule has 0 aliphatic rings. The van der Waals surface area contributed by atoms with Gasteiger partial charge in [0.2, 0.25) is 0 Å². The molecule has 7 heteroatoms. The van der Waals surface area contributed by atoms with Gasteiger partial charge in [-0.15, -0.1) is 0 Å². The average molecular weight is 327 g/mol. The molecular formula is C14H15ClN2O3S. The van der Waals surface area contributed by atoms with Crippen LogP contribution in [0.5, 0.6) is 5.75 Å². The molecular weight excluding hydrogens is 312 g/mol. The minimum Gasteiger partial charge on any atom is -0.495 e. The van der Waals surface area contributed by atoms with Gasteiger partial charge in [0.1, 0.15) is 10.6 Å². The predicted octanol–water partition coefficient (Wildman–Crippen LogP) is 3.04. The van der Waals surface area contributed by atoms with E-state index in [1.165, 1.54) is 19.2 Å². The summed E-state index contributed by atoms with van der Waals surface area (Å²) in [6, 6.07) is 9.54. The van der Waals surface area contributed by atoms with Crippen LogP contribution in [0.3, 0.4) is 0 Å².